The minimum atomic E-state index is -0.406. The molecule has 6 heteroatoms. The maximum absolute atomic E-state index is 12.3. The van der Waals surface area contributed by atoms with Crippen molar-refractivity contribution < 1.29 is 9.53 Å². The molecule has 1 N–H and O–H groups in total. The molecule has 1 heterocycles. The third kappa shape index (κ3) is 4.02. The van der Waals surface area contributed by atoms with Gasteiger partial charge in [0.05, 0.1) is 10.7 Å². The Morgan fingerprint density at radius 1 is 1.12 bits per heavy atom. The Hall–Kier alpha value is -2.60. The van der Waals surface area contributed by atoms with Crippen LogP contribution in [0.2, 0.25) is 0 Å². The quantitative estimate of drug-likeness (QED) is 0.695. The van der Waals surface area contributed by atoms with E-state index in [-0.39, 0.29) is 5.91 Å². The van der Waals surface area contributed by atoms with E-state index in [2.05, 4.69) is 26.3 Å². The molecule has 0 aliphatic rings. The summed E-state index contributed by atoms with van der Waals surface area (Å²) in [5.41, 5.74) is 0.707. The van der Waals surface area contributed by atoms with Gasteiger partial charge in [0.25, 0.3) is 0 Å². The molecule has 1 aromatic heterocycles. The Kier molecular flexibility index (Phi) is 4.96. The first-order valence-corrected chi connectivity index (χ1v) is 8.24. The fourth-order valence-electron chi connectivity index (χ4n) is 2.12. The van der Waals surface area contributed by atoms with Crippen molar-refractivity contribution in [2.45, 2.75) is 13.0 Å². The van der Waals surface area contributed by atoms with E-state index in [1.165, 1.54) is 0 Å². The number of benzene rings is 2. The van der Waals surface area contributed by atoms with Gasteiger partial charge in [0.1, 0.15) is 17.5 Å². The molecule has 1 unspecified atom stereocenters. The molecular formula is C18H16BrN3O2. The van der Waals surface area contributed by atoms with Crippen LogP contribution in [0, 0.1) is 0 Å². The van der Waals surface area contributed by atoms with E-state index in [0.29, 0.717) is 11.4 Å². The number of rotatable bonds is 5. The average Bonchev–Trinajstić information content (AvgIpc) is 3.03. The summed E-state index contributed by atoms with van der Waals surface area (Å²) in [6.45, 7) is 1.79. The topological polar surface area (TPSA) is 56.1 Å². The van der Waals surface area contributed by atoms with Gasteiger partial charge in [-0.1, -0.05) is 18.2 Å². The number of ether oxygens (including phenoxy) is 1. The number of amides is 1. The molecule has 1 amide bonds. The molecule has 0 aliphatic carbocycles. The van der Waals surface area contributed by atoms with E-state index in [1.54, 1.807) is 24.0 Å². The maximum atomic E-state index is 12.3. The first-order valence-electron chi connectivity index (χ1n) is 7.45. The fourth-order valence-corrected chi connectivity index (χ4v) is 2.43. The molecule has 1 atom stereocenters. The smallest absolute Gasteiger partial charge is 0.248 e. The van der Waals surface area contributed by atoms with Gasteiger partial charge in [0.15, 0.2) is 0 Å². The van der Waals surface area contributed by atoms with E-state index < -0.39 is 6.04 Å². The monoisotopic (exact) mass is 385 g/mol. The van der Waals surface area contributed by atoms with E-state index in [0.717, 1.165) is 10.2 Å². The molecule has 0 radical (unpaired) electrons. The van der Waals surface area contributed by atoms with Crippen molar-refractivity contribution in [1.29, 1.82) is 0 Å². The Morgan fingerprint density at radius 2 is 1.79 bits per heavy atom. The Balaban J connectivity index is 1.62. The molecule has 3 rings (SSSR count). The van der Waals surface area contributed by atoms with Crippen LogP contribution in [0.1, 0.15) is 13.0 Å². The molecule has 0 saturated carbocycles. The number of para-hydroxylation sites is 1. The van der Waals surface area contributed by atoms with Gasteiger partial charge in [-0.3, -0.25) is 9.48 Å². The summed E-state index contributed by atoms with van der Waals surface area (Å²) in [7, 11) is 0. The SMILES string of the molecule is CC(C(=O)Nc1ccc(Oc2ccccc2)cc1)n1cc(Br)cn1. The highest BCUT2D eigenvalue weighted by Crippen LogP contribution is 2.23. The zero-order valence-electron chi connectivity index (χ0n) is 13.0. The number of hydrogen-bond donors (Lipinski definition) is 1. The Morgan fingerprint density at radius 3 is 2.42 bits per heavy atom. The standard InChI is InChI=1S/C18H16BrN3O2/c1-13(22-12-14(19)11-20-22)18(23)21-15-7-9-17(10-8-15)24-16-5-3-2-4-6-16/h2-13H,1H3,(H,21,23). The average molecular weight is 386 g/mol. The summed E-state index contributed by atoms with van der Waals surface area (Å²) < 4.78 is 8.17. The van der Waals surface area contributed by atoms with Gasteiger partial charge in [-0.25, -0.2) is 0 Å². The predicted molar refractivity (Wildman–Crippen MR) is 96.2 cm³/mol. The van der Waals surface area contributed by atoms with Gasteiger partial charge in [-0.05, 0) is 59.3 Å². The minimum Gasteiger partial charge on any atom is -0.457 e. The van der Waals surface area contributed by atoms with E-state index >= 15 is 0 Å². The largest absolute Gasteiger partial charge is 0.457 e. The summed E-state index contributed by atoms with van der Waals surface area (Å²) in [4.78, 5) is 12.3. The van der Waals surface area contributed by atoms with Crippen LogP contribution >= 0.6 is 15.9 Å². The highest BCUT2D eigenvalue weighted by molar-refractivity contribution is 9.10. The molecule has 5 nitrogen and oxygen atoms in total. The number of hydrogen-bond acceptors (Lipinski definition) is 3. The van der Waals surface area contributed by atoms with Crippen LogP contribution in [-0.4, -0.2) is 15.7 Å². The third-order valence-electron chi connectivity index (χ3n) is 3.45. The third-order valence-corrected chi connectivity index (χ3v) is 3.86. The lowest BCUT2D eigenvalue weighted by atomic mass is 10.2. The number of anilines is 1. The lowest BCUT2D eigenvalue weighted by Crippen LogP contribution is -2.23. The second kappa shape index (κ2) is 7.31. The molecule has 0 fully saturated rings. The fraction of sp³-hybridized carbons (Fsp3) is 0.111. The number of carbonyl (C=O) groups is 1. The first-order chi connectivity index (χ1) is 11.6. The zero-order valence-corrected chi connectivity index (χ0v) is 14.6. The molecule has 0 spiro atoms. The van der Waals surface area contributed by atoms with Gasteiger partial charge in [0, 0.05) is 11.9 Å². The van der Waals surface area contributed by atoms with Gasteiger partial charge in [-0.2, -0.15) is 5.10 Å². The highest BCUT2D eigenvalue weighted by atomic mass is 79.9. The summed E-state index contributed by atoms with van der Waals surface area (Å²) in [6.07, 6.45) is 3.42. The van der Waals surface area contributed by atoms with Crippen LogP contribution in [0.15, 0.2) is 71.5 Å². The van der Waals surface area contributed by atoms with Gasteiger partial charge in [-0.15, -0.1) is 0 Å². The second-order valence-electron chi connectivity index (χ2n) is 5.24. The molecule has 3 aromatic rings. The van der Waals surface area contributed by atoms with Crippen molar-refractivity contribution in [1.82, 2.24) is 9.78 Å². The number of carbonyl (C=O) groups excluding carboxylic acids is 1. The van der Waals surface area contributed by atoms with Crippen molar-refractivity contribution >= 4 is 27.5 Å². The van der Waals surface area contributed by atoms with Crippen molar-refractivity contribution in [3.63, 3.8) is 0 Å². The molecule has 24 heavy (non-hydrogen) atoms. The maximum Gasteiger partial charge on any atom is 0.248 e. The van der Waals surface area contributed by atoms with E-state index in [4.69, 9.17) is 4.74 Å². The van der Waals surface area contributed by atoms with Crippen LogP contribution in [0.5, 0.6) is 11.5 Å². The lowest BCUT2D eigenvalue weighted by Gasteiger charge is -2.13. The van der Waals surface area contributed by atoms with Crippen LogP contribution in [-0.2, 0) is 4.79 Å². The highest BCUT2D eigenvalue weighted by Gasteiger charge is 2.15. The summed E-state index contributed by atoms with van der Waals surface area (Å²) in [6, 6.07) is 16.4. The number of nitrogens with one attached hydrogen (secondary N) is 1. The van der Waals surface area contributed by atoms with Crippen molar-refractivity contribution in [3.05, 3.63) is 71.5 Å². The summed E-state index contributed by atoms with van der Waals surface area (Å²) in [5.74, 6) is 1.35. The van der Waals surface area contributed by atoms with E-state index in [9.17, 15) is 4.79 Å². The van der Waals surface area contributed by atoms with Crippen molar-refractivity contribution in [3.8, 4) is 11.5 Å². The van der Waals surface area contributed by atoms with Crippen LogP contribution in [0.25, 0.3) is 0 Å². The van der Waals surface area contributed by atoms with Gasteiger partial charge < -0.3 is 10.1 Å². The van der Waals surface area contributed by atoms with E-state index in [1.807, 2.05) is 54.6 Å². The Labute approximate surface area is 148 Å². The summed E-state index contributed by atoms with van der Waals surface area (Å²) >= 11 is 3.32. The van der Waals surface area contributed by atoms with Crippen LogP contribution in [0.4, 0.5) is 5.69 Å². The molecule has 0 aliphatic heterocycles. The first kappa shape index (κ1) is 16.3. The molecule has 0 bridgehead atoms. The minimum absolute atomic E-state index is 0.137. The summed E-state index contributed by atoms with van der Waals surface area (Å²) in [5, 5.41) is 7.00. The van der Waals surface area contributed by atoms with Gasteiger partial charge in [0.2, 0.25) is 5.91 Å². The molecule has 0 saturated heterocycles. The van der Waals surface area contributed by atoms with Crippen LogP contribution in [0.3, 0.4) is 0 Å². The van der Waals surface area contributed by atoms with Gasteiger partial charge >= 0.3 is 0 Å². The van der Waals surface area contributed by atoms with Crippen molar-refractivity contribution in [2.24, 2.45) is 0 Å². The number of nitrogens with zero attached hydrogens (tertiary/aromatic N) is 2. The predicted octanol–water partition coefficient (Wildman–Crippen LogP) is 4.64. The second-order valence-corrected chi connectivity index (χ2v) is 6.16. The molecule has 122 valence electrons. The lowest BCUT2D eigenvalue weighted by molar-refractivity contribution is -0.119. The van der Waals surface area contributed by atoms with Crippen molar-refractivity contribution in [2.75, 3.05) is 5.32 Å². The van der Waals surface area contributed by atoms with Crippen LogP contribution < -0.4 is 10.1 Å². The molecular weight excluding hydrogens is 370 g/mol. The normalized spacial score (nSPS) is 11.8. The molecule has 2 aromatic carbocycles. The number of halogens is 1. The zero-order chi connectivity index (χ0) is 16.9. The Bertz CT molecular complexity index is 816. The number of aromatic nitrogens is 2.